The maximum Gasteiger partial charge on any atom is 0.317 e. The van der Waals surface area contributed by atoms with Gasteiger partial charge in [-0.15, -0.1) is 0 Å². The lowest BCUT2D eigenvalue weighted by molar-refractivity contribution is 0.253. The molecule has 1 aromatic rings. The molecule has 0 unspecified atom stereocenters. The molecule has 0 radical (unpaired) electrons. The third-order valence-electron chi connectivity index (χ3n) is 1.59. The summed E-state index contributed by atoms with van der Waals surface area (Å²) in [4.78, 5) is 18.5. The Morgan fingerprint density at radius 3 is 2.93 bits per heavy atom. The number of hydrogen-bond donors (Lipinski definition) is 2. The van der Waals surface area contributed by atoms with Crippen molar-refractivity contribution in [2.24, 2.45) is 10.7 Å². The molecule has 1 rings (SSSR count). The highest BCUT2D eigenvalue weighted by Gasteiger charge is 1.96. The highest BCUT2D eigenvalue weighted by Crippen LogP contribution is 2.05. The summed E-state index contributed by atoms with van der Waals surface area (Å²) in [6.45, 7) is 2.09. The molecule has 0 aliphatic carbocycles. The van der Waals surface area contributed by atoms with Crippen LogP contribution < -0.4 is 11.1 Å². The third-order valence-corrected chi connectivity index (χ3v) is 1.82. The van der Waals surface area contributed by atoms with Crippen molar-refractivity contribution in [2.75, 3.05) is 0 Å². The van der Waals surface area contributed by atoms with Crippen molar-refractivity contribution < 1.29 is 4.79 Å². The Labute approximate surface area is 92.4 Å². The maximum atomic E-state index is 10.5. The molecule has 0 bridgehead atoms. The summed E-state index contributed by atoms with van der Waals surface area (Å²) >= 11 is 5.62. The number of carbonyl (C=O) groups is 1. The number of hydrogen-bond acceptors (Lipinski definition) is 3. The van der Waals surface area contributed by atoms with Crippen LogP contribution in [0.15, 0.2) is 23.3 Å². The second kappa shape index (κ2) is 5.31. The highest BCUT2D eigenvalue weighted by molar-refractivity contribution is 6.29. The number of urea groups is 1. The number of pyridine rings is 1. The molecule has 1 heterocycles. The van der Waals surface area contributed by atoms with Gasteiger partial charge in [0.1, 0.15) is 11.0 Å². The minimum absolute atomic E-state index is 0.427. The van der Waals surface area contributed by atoms with E-state index in [0.29, 0.717) is 17.5 Å². The largest absolute Gasteiger partial charge is 0.351 e. The summed E-state index contributed by atoms with van der Waals surface area (Å²) in [6, 6.07) is 2.88. The van der Waals surface area contributed by atoms with E-state index in [9.17, 15) is 4.79 Å². The van der Waals surface area contributed by atoms with E-state index < -0.39 is 6.03 Å². The molecule has 0 aliphatic heterocycles. The molecule has 80 valence electrons. The van der Waals surface area contributed by atoms with Gasteiger partial charge in [-0.2, -0.15) is 0 Å². The van der Waals surface area contributed by atoms with E-state index in [1.807, 2.05) is 6.07 Å². The highest BCUT2D eigenvalue weighted by atomic mass is 35.5. The lowest BCUT2D eigenvalue weighted by Crippen LogP contribution is -2.33. The van der Waals surface area contributed by atoms with Crippen molar-refractivity contribution >= 4 is 23.5 Å². The molecule has 0 saturated heterocycles. The Hall–Kier alpha value is -1.62. The summed E-state index contributed by atoms with van der Waals surface area (Å²) in [5.74, 6) is 0.470. The van der Waals surface area contributed by atoms with Crippen molar-refractivity contribution in [3.63, 3.8) is 0 Å². The fraction of sp³-hybridized carbons (Fsp3) is 0.222. The Morgan fingerprint density at radius 1 is 1.67 bits per heavy atom. The third kappa shape index (κ3) is 4.42. The van der Waals surface area contributed by atoms with Gasteiger partial charge in [-0.25, -0.2) is 9.78 Å². The van der Waals surface area contributed by atoms with Crippen LogP contribution in [0.5, 0.6) is 0 Å². The fourth-order valence-electron chi connectivity index (χ4n) is 0.928. The summed E-state index contributed by atoms with van der Waals surface area (Å²) in [7, 11) is 0. The predicted octanol–water partition coefficient (Wildman–Crippen LogP) is 1.32. The molecule has 3 N–H and O–H groups in total. The van der Waals surface area contributed by atoms with E-state index in [1.54, 1.807) is 19.2 Å². The fourth-order valence-corrected chi connectivity index (χ4v) is 1.04. The first-order valence-electron chi connectivity index (χ1n) is 4.26. The Bertz CT molecular complexity index is 374. The maximum absolute atomic E-state index is 10.5. The number of rotatable bonds is 2. The molecular formula is C9H11ClN4O. The number of nitrogens with two attached hydrogens (primary N) is 1. The van der Waals surface area contributed by atoms with Crippen LogP contribution in [0.3, 0.4) is 0 Å². The van der Waals surface area contributed by atoms with Crippen LogP contribution in [0.2, 0.25) is 5.15 Å². The lowest BCUT2D eigenvalue weighted by atomic mass is 10.3. The summed E-state index contributed by atoms with van der Waals surface area (Å²) in [5, 5.41) is 2.81. The molecule has 0 fully saturated rings. The van der Waals surface area contributed by atoms with E-state index in [1.165, 1.54) is 0 Å². The number of amidine groups is 1. The minimum Gasteiger partial charge on any atom is -0.351 e. The van der Waals surface area contributed by atoms with E-state index >= 15 is 0 Å². The average molecular weight is 227 g/mol. The van der Waals surface area contributed by atoms with Crippen LogP contribution in [0.25, 0.3) is 0 Å². The Kier molecular flexibility index (Phi) is 4.05. The Morgan fingerprint density at radius 2 is 2.40 bits per heavy atom. The van der Waals surface area contributed by atoms with Crippen LogP contribution in [0, 0.1) is 0 Å². The standard InChI is InChI=1S/C9H11ClN4O/c1-6(14-9(11)15)12-4-7-2-3-8(10)13-5-7/h2-3,5H,4H2,1H3,(H3,11,12,14,15). The van der Waals surface area contributed by atoms with Crippen molar-refractivity contribution in [1.82, 2.24) is 10.3 Å². The SMILES string of the molecule is CC(=NCc1ccc(Cl)nc1)NC(N)=O. The number of carbonyl (C=O) groups excluding carboxylic acids is 1. The van der Waals surface area contributed by atoms with Gasteiger partial charge < -0.3 is 5.73 Å². The molecule has 0 aromatic carbocycles. The van der Waals surface area contributed by atoms with Crippen molar-refractivity contribution in [1.29, 1.82) is 0 Å². The molecule has 6 heteroatoms. The van der Waals surface area contributed by atoms with E-state index in [0.717, 1.165) is 5.56 Å². The molecule has 0 saturated carbocycles. The van der Waals surface area contributed by atoms with Crippen LogP contribution in [-0.2, 0) is 6.54 Å². The first-order chi connectivity index (χ1) is 7.08. The minimum atomic E-state index is -0.620. The second-order valence-corrected chi connectivity index (χ2v) is 3.27. The van der Waals surface area contributed by atoms with Crippen molar-refractivity contribution in [3.05, 3.63) is 29.0 Å². The topological polar surface area (TPSA) is 80.4 Å². The van der Waals surface area contributed by atoms with Crippen molar-refractivity contribution in [2.45, 2.75) is 13.5 Å². The molecule has 1 aromatic heterocycles. The van der Waals surface area contributed by atoms with Crippen molar-refractivity contribution in [3.8, 4) is 0 Å². The average Bonchev–Trinajstić information content (AvgIpc) is 2.16. The lowest BCUT2D eigenvalue weighted by Gasteiger charge is -2.00. The van der Waals surface area contributed by atoms with Crippen LogP contribution >= 0.6 is 11.6 Å². The predicted molar refractivity (Wildman–Crippen MR) is 58.8 cm³/mol. The van der Waals surface area contributed by atoms with Crippen LogP contribution in [-0.4, -0.2) is 16.9 Å². The van der Waals surface area contributed by atoms with Gasteiger partial charge in [-0.05, 0) is 18.6 Å². The molecule has 2 amide bonds. The zero-order chi connectivity index (χ0) is 11.3. The van der Waals surface area contributed by atoms with Gasteiger partial charge in [0.15, 0.2) is 0 Å². The summed E-state index contributed by atoms with van der Waals surface area (Å²) < 4.78 is 0. The number of amides is 2. The quantitative estimate of drug-likeness (QED) is 0.453. The van der Waals surface area contributed by atoms with E-state index in [4.69, 9.17) is 17.3 Å². The number of nitrogens with one attached hydrogen (secondary N) is 1. The first-order valence-corrected chi connectivity index (χ1v) is 4.63. The summed E-state index contributed by atoms with van der Waals surface area (Å²) in [5.41, 5.74) is 5.83. The monoisotopic (exact) mass is 226 g/mol. The van der Waals surface area contributed by atoms with Gasteiger partial charge in [0.25, 0.3) is 0 Å². The number of aromatic nitrogens is 1. The molecule has 15 heavy (non-hydrogen) atoms. The zero-order valence-corrected chi connectivity index (χ0v) is 8.95. The molecule has 5 nitrogen and oxygen atoms in total. The van der Waals surface area contributed by atoms with Gasteiger partial charge in [0.2, 0.25) is 0 Å². The van der Waals surface area contributed by atoms with Gasteiger partial charge in [0, 0.05) is 6.20 Å². The molecule has 0 aliphatic rings. The number of primary amides is 1. The van der Waals surface area contributed by atoms with Gasteiger partial charge in [0.05, 0.1) is 6.54 Å². The summed E-state index contributed by atoms with van der Waals surface area (Å²) in [6.07, 6.45) is 1.63. The Balaban J connectivity index is 2.55. The van der Waals surface area contributed by atoms with Gasteiger partial charge in [-0.1, -0.05) is 17.7 Å². The number of halogens is 1. The van der Waals surface area contributed by atoms with Gasteiger partial charge >= 0.3 is 6.03 Å². The van der Waals surface area contributed by atoms with E-state index in [-0.39, 0.29) is 0 Å². The number of aliphatic imine (C=N–C) groups is 1. The van der Waals surface area contributed by atoms with Gasteiger partial charge in [-0.3, -0.25) is 10.3 Å². The molecular weight excluding hydrogens is 216 g/mol. The van der Waals surface area contributed by atoms with E-state index in [2.05, 4.69) is 15.3 Å². The van der Waals surface area contributed by atoms with Crippen LogP contribution in [0.4, 0.5) is 4.79 Å². The zero-order valence-electron chi connectivity index (χ0n) is 8.20. The molecule has 0 atom stereocenters. The smallest absolute Gasteiger partial charge is 0.317 e. The molecule has 0 spiro atoms. The first kappa shape index (κ1) is 11.5. The number of nitrogens with zero attached hydrogens (tertiary/aromatic N) is 2. The van der Waals surface area contributed by atoms with Crippen LogP contribution in [0.1, 0.15) is 12.5 Å². The second-order valence-electron chi connectivity index (χ2n) is 2.88. The normalized spacial score (nSPS) is 11.2.